The van der Waals surface area contributed by atoms with Crippen LogP contribution >= 0.6 is 0 Å². The number of halogens is 3. The molecule has 0 spiro atoms. The van der Waals surface area contributed by atoms with Gasteiger partial charge in [-0.15, -0.1) is 0 Å². The van der Waals surface area contributed by atoms with Crippen LogP contribution in [0.15, 0.2) is 24.3 Å². The first-order chi connectivity index (χ1) is 10.4. The molecule has 1 aromatic rings. The molecular weight excluding hydrogens is 307 g/mol. The zero-order chi connectivity index (χ0) is 17.9. The Morgan fingerprint density at radius 3 is 2.26 bits per heavy atom. The average Bonchev–Trinajstić information content (AvgIpc) is 2.44. The van der Waals surface area contributed by atoms with E-state index in [2.05, 4.69) is 5.32 Å². The van der Waals surface area contributed by atoms with Gasteiger partial charge in [0.25, 0.3) is 0 Å². The highest BCUT2D eigenvalue weighted by Gasteiger charge is 2.33. The van der Waals surface area contributed by atoms with E-state index in [4.69, 9.17) is 4.74 Å². The minimum atomic E-state index is -4.42. The van der Waals surface area contributed by atoms with E-state index >= 15 is 0 Å². The van der Waals surface area contributed by atoms with E-state index < -0.39 is 17.3 Å². The first-order valence-corrected chi connectivity index (χ1v) is 7.56. The van der Waals surface area contributed by atoms with Crippen molar-refractivity contribution in [2.45, 2.75) is 57.5 Å². The first kappa shape index (κ1) is 19.9. The van der Waals surface area contributed by atoms with Crippen LogP contribution in [0.25, 0.3) is 0 Å². The Kier molecular flexibility index (Phi) is 6.24. The number of ether oxygens (including phenoxy) is 1. The Hall–Kier alpha value is -1.11. The van der Waals surface area contributed by atoms with Crippen LogP contribution in [0.2, 0.25) is 0 Å². The minimum Gasteiger partial charge on any atom is -0.384 e. The zero-order valence-corrected chi connectivity index (χ0v) is 14.3. The van der Waals surface area contributed by atoms with Crippen molar-refractivity contribution in [3.63, 3.8) is 0 Å². The number of rotatable bonds is 7. The number of hydrogen-bond donors (Lipinski definition) is 2. The summed E-state index contributed by atoms with van der Waals surface area (Å²) in [5.41, 5.74) is -2.23. The number of benzene rings is 1. The van der Waals surface area contributed by atoms with Gasteiger partial charge in [0.2, 0.25) is 0 Å². The van der Waals surface area contributed by atoms with Crippen molar-refractivity contribution >= 4 is 0 Å². The number of aliphatic hydroxyl groups is 1. The van der Waals surface area contributed by atoms with Gasteiger partial charge < -0.3 is 15.2 Å². The topological polar surface area (TPSA) is 41.5 Å². The van der Waals surface area contributed by atoms with Crippen molar-refractivity contribution in [1.29, 1.82) is 0 Å². The molecule has 0 heterocycles. The molecule has 0 aromatic heterocycles. The van der Waals surface area contributed by atoms with Crippen LogP contribution in [0.5, 0.6) is 0 Å². The Balaban J connectivity index is 2.76. The van der Waals surface area contributed by atoms with E-state index in [1.165, 1.54) is 19.1 Å². The second-order valence-corrected chi connectivity index (χ2v) is 6.80. The summed E-state index contributed by atoms with van der Waals surface area (Å²) in [6.45, 7) is 7.51. The molecule has 0 aliphatic rings. The van der Waals surface area contributed by atoms with Gasteiger partial charge >= 0.3 is 6.18 Å². The maximum Gasteiger partial charge on any atom is 0.416 e. The maximum absolute atomic E-state index is 12.8. The van der Waals surface area contributed by atoms with Crippen LogP contribution in [-0.4, -0.2) is 30.4 Å². The summed E-state index contributed by atoms with van der Waals surface area (Å²) in [6.07, 6.45) is -3.71. The molecule has 0 saturated heterocycles. The lowest BCUT2D eigenvalue weighted by Crippen LogP contribution is -2.42. The molecule has 2 atom stereocenters. The quantitative estimate of drug-likeness (QED) is 0.799. The molecule has 0 fully saturated rings. The third-order valence-corrected chi connectivity index (χ3v) is 3.96. The third kappa shape index (κ3) is 6.12. The fraction of sp³-hybridized carbons (Fsp3) is 0.647. The molecule has 23 heavy (non-hydrogen) atoms. The molecule has 1 aromatic carbocycles. The molecule has 0 radical (unpaired) electrons. The molecule has 2 unspecified atom stereocenters. The molecule has 2 N–H and O–H groups in total. The summed E-state index contributed by atoms with van der Waals surface area (Å²) in [5, 5.41) is 13.7. The fourth-order valence-electron chi connectivity index (χ4n) is 2.40. The van der Waals surface area contributed by atoms with E-state index in [1.807, 2.05) is 20.8 Å². The highest BCUT2D eigenvalue weighted by atomic mass is 19.4. The van der Waals surface area contributed by atoms with Crippen molar-refractivity contribution < 1.29 is 23.0 Å². The molecule has 0 saturated carbocycles. The lowest BCUT2D eigenvalue weighted by molar-refractivity contribution is -0.137. The Labute approximate surface area is 135 Å². The second-order valence-electron chi connectivity index (χ2n) is 6.80. The lowest BCUT2D eigenvalue weighted by Gasteiger charge is -2.31. The summed E-state index contributed by atoms with van der Waals surface area (Å²) in [7, 11) is 1.63. The second kappa shape index (κ2) is 7.20. The van der Waals surface area contributed by atoms with Crippen LogP contribution in [-0.2, 0) is 16.5 Å². The van der Waals surface area contributed by atoms with E-state index in [-0.39, 0.29) is 23.8 Å². The van der Waals surface area contributed by atoms with E-state index in [0.717, 1.165) is 12.1 Å². The summed E-state index contributed by atoms with van der Waals surface area (Å²) >= 11 is 0. The van der Waals surface area contributed by atoms with E-state index in [9.17, 15) is 18.3 Å². The molecule has 6 heteroatoms. The number of methoxy groups -OCH3 is 1. The van der Waals surface area contributed by atoms with Crippen molar-refractivity contribution in [3.05, 3.63) is 35.4 Å². The molecule has 0 amide bonds. The van der Waals surface area contributed by atoms with E-state index in [0.29, 0.717) is 6.42 Å². The zero-order valence-electron chi connectivity index (χ0n) is 14.3. The number of nitrogens with one attached hydrogen (secondary N) is 1. The molecule has 0 aliphatic carbocycles. The summed E-state index contributed by atoms with van der Waals surface area (Å²) in [4.78, 5) is 0. The normalized spacial score (nSPS) is 16.9. The first-order valence-electron chi connectivity index (χ1n) is 7.56. The maximum atomic E-state index is 12.8. The van der Waals surface area contributed by atoms with E-state index in [1.54, 1.807) is 7.11 Å². The number of alkyl halides is 3. The van der Waals surface area contributed by atoms with Crippen molar-refractivity contribution in [2.24, 2.45) is 0 Å². The van der Waals surface area contributed by atoms with Crippen LogP contribution in [0.1, 0.15) is 45.2 Å². The third-order valence-electron chi connectivity index (χ3n) is 3.96. The minimum absolute atomic E-state index is 0.0437. The largest absolute Gasteiger partial charge is 0.416 e. The smallest absolute Gasteiger partial charge is 0.384 e. The van der Waals surface area contributed by atoms with Crippen molar-refractivity contribution in [3.8, 4) is 0 Å². The van der Waals surface area contributed by atoms with Crippen molar-refractivity contribution in [1.82, 2.24) is 5.32 Å². The van der Waals surface area contributed by atoms with Crippen LogP contribution < -0.4 is 5.32 Å². The standard InChI is InChI=1S/C17H26F3NO2/c1-12(10-15(2,3)23-5)21-11-16(4,22)13-7-6-8-14(9-13)17(18,19)20/h6-9,12,21-22H,10-11H2,1-5H3. The predicted octanol–water partition coefficient (Wildman–Crippen LogP) is 3.71. The summed E-state index contributed by atoms with van der Waals surface area (Å²) < 4.78 is 43.7. The van der Waals surface area contributed by atoms with Gasteiger partial charge in [-0.1, -0.05) is 12.1 Å². The predicted molar refractivity (Wildman–Crippen MR) is 84.2 cm³/mol. The Bertz CT molecular complexity index is 513. The lowest BCUT2D eigenvalue weighted by atomic mass is 9.93. The fourth-order valence-corrected chi connectivity index (χ4v) is 2.40. The van der Waals surface area contributed by atoms with Gasteiger partial charge in [-0.3, -0.25) is 0 Å². The molecule has 3 nitrogen and oxygen atoms in total. The molecule has 0 bridgehead atoms. The molecular formula is C17H26F3NO2. The van der Waals surface area contributed by atoms with Crippen LogP contribution in [0.4, 0.5) is 13.2 Å². The summed E-state index contributed by atoms with van der Waals surface area (Å²) in [6, 6.07) is 4.84. The SMILES string of the molecule is COC(C)(C)CC(C)NCC(C)(O)c1cccc(C(F)(F)F)c1. The van der Waals surface area contributed by atoms with Gasteiger partial charge in [-0.05, 0) is 51.8 Å². The van der Waals surface area contributed by atoms with Gasteiger partial charge in [-0.25, -0.2) is 0 Å². The van der Waals surface area contributed by atoms with Crippen LogP contribution in [0, 0.1) is 0 Å². The summed E-state index contributed by atoms with van der Waals surface area (Å²) in [5.74, 6) is 0. The van der Waals surface area contributed by atoms with Gasteiger partial charge in [0, 0.05) is 19.7 Å². The molecule has 1 rings (SSSR count). The number of hydrogen-bond acceptors (Lipinski definition) is 3. The van der Waals surface area contributed by atoms with Gasteiger partial charge in [-0.2, -0.15) is 13.2 Å². The molecule has 132 valence electrons. The van der Waals surface area contributed by atoms with Gasteiger partial charge in [0.15, 0.2) is 0 Å². The molecule has 0 aliphatic heterocycles. The Morgan fingerprint density at radius 2 is 1.74 bits per heavy atom. The van der Waals surface area contributed by atoms with Crippen molar-refractivity contribution in [2.75, 3.05) is 13.7 Å². The van der Waals surface area contributed by atoms with Crippen LogP contribution in [0.3, 0.4) is 0 Å². The van der Waals surface area contributed by atoms with Gasteiger partial charge in [0.05, 0.1) is 16.8 Å². The highest BCUT2D eigenvalue weighted by molar-refractivity contribution is 5.29. The monoisotopic (exact) mass is 333 g/mol. The average molecular weight is 333 g/mol. The highest BCUT2D eigenvalue weighted by Crippen LogP contribution is 2.32. The van der Waals surface area contributed by atoms with Gasteiger partial charge in [0.1, 0.15) is 0 Å². The Morgan fingerprint density at radius 1 is 1.17 bits per heavy atom.